The van der Waals surface area contributed by atoms with Gasteiger partial charge in [-0.2, -0.15) is 0 Å². The van der Waals surface area contributed by atoms with E-state index in [-0.39, 0.29) is 5.72 Å². The van der Waals surface area contributed by atoms with Crippen molar-refractivity contribution in [2.75, 3.05) is 7.11 Å². The normalized spacial score (nSPS) is 24.8. The molecule has 154 valence electrons. The third-order valence-electron chi connectivity index (χ3n) is 6.87. The van der Waals surface area contributed by atoms with Crippen LogP contribution in [-0.4, -0.2) is 43.8 Å². The van der Waals surface area contributed by atoms with E-state index in [9.17, 15) is 0 Å². The molecule has 0 unspecified atom stereocenters. The van der Waals surface area contributed by atoms with Gasteiger partial charge >= 0.3 is 14.2 Å². The second-order valence-electron chi connectivity index (χ2n) is 9.97. The van der Waals surface area contributed by atoms with Crippen molar-refractivity contribution in [1.82, 2.24) is 0 Å². The predicted molar refractivity (Wildman–Crippen MR) is 113 cm³/mol. The molecular formula is C21H34B2O5. The lowest BCUT2D eigenvalue weighted by molar-refractivity contribution is 0.00578. The van der Waals surface area contributed by atoms with Crippen LogP contribution in [0.25, 0.3) is 0 Å². The molecule has 0 radical (unpaired) electrons. The van der Waals surface area contributed by atoms with Gasteiger partial charge in [-0.25, -0.2) is 0 Å². The molecule has 0 spiro atoms. The van der Waals surface area contributed by atoms with Crippen LogP contribution in [-0.2, 0) is 25.0 Å². The first-order chi connectivity index (χ1) is 12.8. The Balaban J connectivity index is 1.88. The number of ether oxygens (including phenoxy) is 1. The molecule has 1 aromatic rings. The minimum atomic E-state index is -0.415. The van der Waals surface area contributed by atoms with E-state index in [0.717, 1.165) is 17.7 Å². The average Bonchev–Trinajstić information content (AvgIpc) is 2.92. The summed E-state index contributed by atoms with van der Waals surface area (Å²) >= 11 is 0. The van der Waals surface area contributed by atoms with Crippen LogP contribution in [0, 0.1) is 0 Å². The molecule has 1 aromatic carbocycles. The molecule has 0 bridgehead atoms. The Hall–Kier alpha value is -1.01. The minimum Gasteiger partial charge on any atom is -0.497 e. The van der Waals surface area contributed by atoms with Crippen molar-refractivity contribution >= 4 is 14.2 Å². The van der Waals surface area contributed by atoms with Gasteiger partial charge < -0.3 is 23.4 Å². The number of benzene rings is 1. The summed E-state index contributed by atoms with van der Waals surface area (Å²) in [5, 5.41) is 0. The maximum Gasteiger partial charge on any atom is 0.459 e. The molecule has 0 atom stereocenters. The van der Waals surface area contributed by atoms with Gasteiger partial charge in [0.1, 0.15) is 5.75 Å². The van der Waals surface area contributed by atoms with E-state index < -0.39 is 36.6 Å². The Morgan fingerprint density at radius 1 is 0.714 bits per heavy atom. The fourth-order valence-corrected chi connectivity index (χ4v) is 3.48. The molecule has 0 saturated carbocycles. The van der Waals surface area contributed by atoms with E-state index in [1.807, 2.05) is 12.1 Å². The van der Waals surface area contributed by atoms with Crippen LogP contribution in [0.5, 0.6) is 5.75 Å². The third-order valence-corrected chi connectivity index (χ3v) is 6.87. The van der Waals surface area contributed by atoms with Gasteiger partial charge in [0, 0.05) is 5.72 Å². The summed E-state index contributed by atoms with van der Waals surface area (Å²) in [5.74, 6) is 0.839. The zero-order valence-corrected chi connectivity index (χ0v) is 18.8. The Morgan fingerprint density at radius 2 is 1.07 bits per heavy atom. The lowest BCUT2D eigenvalue weighted by Crippen LogP contribution is -2.41. The van der Waals surface area contributed by atoms with E-state index in [1.54, 1.807) is 7.11 Å². The Labute approximate surface area is 170 Å². The maximum absolute atomic E-state index is 6.39. The fraction of sp³-hybridized carbons (Fsp3) is 0.714. The molecular weight excluding hydrogens is 354 g/mol. The van der Waals surface area contributed by atoms with Crippen molar-refractivity contribution < 1.29 is 23.4 Å². The van der Waals surface area contributed by atoms with Crippen molar-refractivity contribution in [3.05, 3.63) is 29.8 Å². The van der Waals surface area contributed by atoms with Gasteiger partial charge in [-0.15, -0.1) is 0 Å². The molecule has 7 heteroatoms. The van der Waals surface area contributed by atoms with E-state index in [4.69, 9.17) is 23.4 Å². The lowest BCUT2D eigenvalue weighted by Gasteiger charge is -2.32. The molecule has 2 heterocycles. The summed E-state index contributed by atoms with van der Waals surface area (Å²) in [5.41, 5.74) is -0.552. The topological polar surface area (TPSA) is 46.2 Å². The first-order valence-electron chi connectivity index (χ1n) is 10.1. The van der Waals surface area contributed by atoms with Gasteiger partial charge in [-0.3, -0.25) is 0 Å². The molecule has 0 amide bonds. The lowest BCUT2D eigenvalue weighted by atomic mass is 9.49. The molecule has 2 fully saturated rings. The van der Waals surface area contributed by atoms with E-state index in [0.29, 0.717) is 0 Å². The average molecular weight is 388 g/mol. The molecule has 5 nitrogen and oxygen atoms in total. The van der Waals surface area contributed by atoms with Crippen molar-refractivity contribution in [3.63, 3.8) is 0 Å². The third kappa shape index (κ3) is 3.87. The fourth-order valence-electron chi connectivity index (χ4n) is 3.48. The van der Waals surface area contributed by atoms with E-state index in [1.165, 1.54) is 0 Å². The summed E-state index contributed by atoms with van der Waals surface area (Å²) in [7, 11) is 0.843. The zero-order chi connectivity index (χ0) is 21.0. The minimum absolute atomic E-state index is 0.101. The first kappa shape index (κ1) is 21.7. The van der Waals surface area contributed by atoms with Crippen LogP contribution >= 0.6 is 0 Å². The molecule has 3 rings (SSSR count). The molecule has 2 aliphatic rings. The molecule has 2 aliphatic heterocycles. The Bertz CT molecular complexity index is 631. The van der Waals surface area contributed by atoms with Crippen molar-refractivity contribution in [2.45, 2.75) is 89.9 Å². The zero-order valence-electron chi connectivity index (χ0n) is 18.8. The molecule has 28 heavy (non-hydrogen) atoms. The van der Waals surface area contributed by atoms with E-state index in [2.05, 4.69) is 67.5 Å². The van der Waals surface area contributed by atoms with Gasteiger partial charge in [0.2, 0.25) is 0 Å². The van der Waals surface area contributed by atoms with Crippen molar-refractivity contribution in [2.24, 2.45) is 0 Å². The summed E-state index contributed by atoms with van der Waals surface area (Å²) in [4.78, 5) is 0. The van der Waals surface area contributed by atoms with Crippen molar-refractivity contribution in [3.8, 4) is 5.75 Å². The van der Waals surface area contributed by atoms with Crippen molar-refractivity contribution in [1.29, 1.82) is 0 Å². The molecule has 0 N–H and O–H groups in total. The standard InChI is InChI=1S/C21H34B2O5/c1-18(2)19(3,4)26-22(25-18)17(14-15-10-12-16(24-9)13-11-15)23-27-20(5,6)21(7,8)28-23/h10-13,17H,14H2,1-9H3. The van der Waals surface area contributed by atoms with Gasteiger partial charge in [0.15, 0.2) is 0 Å². The van der Waals surface area contributed by atoms with Crippen LogP contribution in [0.3, 0.4) is 0 Å². The highest BCUT2D eigenvalue weighted by atomic mass is 16.7. The summed E-state index contributed by atoms with van der Waals surface area (Å²) < 4.78 is 30.8. The Kier molecular flexibility index (Phi) is 5.46. The van der Waals surface area contributed by atoms with Crippen LogP contribution in [0.4, 0.5) is 0 Å². The number of hydrogen-bond acceptors (Lipinski definition) is 5. The Morgan fingerprint density at radius 3 is 1.39 bits per heavy atom. The van der Waals surface area contributed by atoms with Crippen LogP contribution in [0.2, 0.25) is 5.72 Å². The quantitative estimate of drug-likeness (QED) is 0.703. The van der Waals surface area contributed by atoms with Gasteiger partial charge in [0.25, 0.3) is 0 Å². The number of hydrogen-bond donors (Lipinski definition) is 0. The molecule has 0 aromatic heterocycles. The maximum atomic E-state index is 6.39. The van der Waals surface area contributed by atoms with Crippen LogP contribution in [0.15, 0.2) is 24.3 Å². The molecule has 2 saturated heterocycles. The van der Waals surface area contributed by atoms with Crippen LogP contribution in [0.1, 0.15) is 61.0 Å². The first-order valence-corrected chi connectivity index (χ1v) is 10.1. The second kappa shape index (κ2) is 7.05. The van der Waals surface area contributed by atoms with Crippen LogP contribution < -0.4 is 4.74 Å². The summed E-state index contributed by atoms with van der Waals surface area (Å²) in [6, 6.07) is 8.09. The highest BCUT2D eigenvalue weighted by Crippen LogP contribution is 2.46. The monoisotopic (exact) mass is 388 g/mol. The number of rotatable bonds is 5. The largest absolute Gasteiger partial charge is 0.497 e. The van der Waals surface area contributed by atoms with Gasteiger partial charge in [-0.05, 0) is 79.5 Å². The highest BCUT2D eigenvalue weighted by Gasteiger charge is 2.61. The smallest absolute Gasteiger partial charge is 0.459 e. The highest BCUT2D eigenvalue weighted by molar-refractivity contribution is 6.68. The molecule has 0 aliphatic carbocycles. The second-order valence-corrected chi connectivity index (χ2v) is 9.97. The summed E-state index contributed by atoms with van der Waals surface area (Å²) in [6.07, 6.45) is 0.720. The summed E-state index contributed by atoms with van der Waals surface area (Å²) in [6.45, 7) is 16.6. The van der Waals surface area contributed by atoms with Gasteiger partial charge in [0.05, 0.1) is 29.5 Å². The number of methoxy groups -OCH3 is 1. The predicted octanol–water partition coefficient (Wildman–Crippen LogP) is 4.33. The van der Waals surface area contributed by atoms with E-state index >= 15 is 0 Å². The van der Waals surface area contributed by atoms with Gasteiger partial charge in [-0.1, -0.05) is 12.1 Å². The SMILES string of the molecule is COc1ccc(CC(B2OC(C)(C)C(C)(C)O2)B2OC(C)(C)C(C)(C)O2)cc1.